The number of aromatic nitrogens is 1. The lowest BCUT2D eigenvalue weighted by Gasteiger charge is -2.10. The van der Waals surface area contributed by atoms with Crippen molar-refractivity contribution in [3.63, 3.8) is 0 Å². The molecule has 1 nitrogen and oxygen atoms in total. The van der Waals surface area contributed by atoms with Crippen molar-refractivity contribution in [2.24, 2.45) is 0 Å². The number of hydrogen-bond donors (Lipinski definition) is 0. The van der Waals surface area contributed by atoms with Crippen LogP contribution in [0.25, 0.3) is 72.0 Å². The molecule has 50 heavy (non-hydrogen) atoms. The van der Waals surface area contributed by atoms with E-state index >= 15 is 0 Å². The Kier molecular flexibility index (Phi) is 7.64. The van der Waals surface area contributed by atoms with E-state index in [4.69, 9.17) is 0 Å². The Hall–Kier alpha value is -6.44. The second-order valence-corrected chi connectivity index (χ2v) is 13.0. The maximum atomic E-state index is 2.38. The predicted octanol–water partition coefficient (Wildman–Crippen LogP) is 13.0. The summed E-state index contributed by atoms with van der Waals surface area (Å²) in [7, 11) is 0. The zero-order valence-corrected chi connectivity index (χ0v) is 27.7. The van der Waals surface area contributed by atoms with Crippen LogP contribution >= 0.6 is 0 Å². The van der Waals surface area contributed by atoms with Crippen molar-refractivity contribution in [3.05, 3.63) is 211 Å². The van der Waals surface area contributed by atoms with Crippen LogP contribution in [0.3, 0.4) is 0 Å². The minimum absolute atomic E-state index is 0.924. The Balaban J connectivity index is 0.937. The molecule has 0 unspecified atom stereocenters. The van der Waals surface area contributed by atoms with Crippen molar-refractivity contribution in [2.75, 3.05) is 0 Å². The topological polar surface area (TPSA) is 4.93 Å². The molecular weight excluding hydrogens is 603 g/mol. The minimum atomic E-state index is 0.924. The summed E-state index contributed by atoms with van der Waals surface area (Å²) >= 11 is 0. The SMILES string of the molecule is c1ccc(-c2ccc(Cc3ccc(-c4ccc(-c5ccc(-c6cccc7c6c6ccccc6n7-c6ccccc6)cc5)cc4)cc3)cc2)cc1. The van der Waals surface area contributed by atoms with E-state index in [2.05, 4.69) is 205 Å². The van der Waals surface area contributed by atoms with E-state index < -0.39 is 0 Å². The summed E-state index contributed by atoms with van der Waals surface area (Å²) in [4.78, 5) is 0. The highest BCUT2D eigenvalue weighted by atomic mass is 15.0. The molecule has 236 valence electrons. The summed E-state index contributed by atoms with van der Waals surface area (Å²) < 4.78 is 2.38. The van der Waals surface area contributed by atoms with E-state index in [9.17, 15) is 0 Å². The smallest absolute Gasteiger partial charge is 0.0547 e. The van der Waals surface area contributed by atoms with E-state index in [1.165, 1.54) is 83.1 Å². The third-order valence-corrected chi connectivity index (χ3v) is 9.88. The van der Waals surface area contributed by atoms with E-state index in [0.717, 1.165) is 6.42 Å². The minimum Gasteiger partial charge on any atom is -0.309 e. The average Bonchev–Trinajstić information content (AvgIpc) is 3.54. The van der Waals surface area contributed by atoms with Gasteiger partial charge in [-0.15, -0.1) is 0 Å². The van der Waals surface area contributed by atoms with Crippen molar-refractivity contribution in [3.8, 4) is 50.2 Å². The van der Waals surface area contributed by atoms with Crippen LogP contribution in [-0.4, -0.2) is 4.57 Å². The van der Waals surface area contributed by atoms with Gasteiger partial charge >= 0.3 is 0 Å². The van der Waals surface area contributed by atoms with Crippen LogP contribution in [0.4, 0.5) is 0 Å². The Bertz CT molecular complexity index is 2540. The zero-order valence-electron chi connectivity index (χ0n) is 27.7. The van der Waals surface area contributed by atoms with Gasteiger partial charge in [0.1, 0.15) is 0 Å². The van der Waals surface area contributed by atoms with Gasteiger partial charge in [-0.25, -0.2) is 0 Å². The van der Waals surface area contributed by atoms with Gasteiger partial charge in [0.25, 0.3) is 0 Å². The quantitative estimate of drug-likeness (QED) is 0.164. The fourth-order valence-corrected chi connectivity index (χ4v) is 7.31. The van der Waals surface area contributed by atoms with Crippen LogP contribution in [0.15, 0.2) is 200 Å². The third-order valence-electron chi connectivity index (χ3n) is 9.88. The molecule has 0 saturated carbocycles. The molecule has 1 aromatic heterocycles. The molecule has 1 heterocycles. The van der Waals surface area contributed by atoms with Crippen LogP contribution in [0.5, 0.6) is 0 Å². The van der Waals surface area contributed by atoms with Gasteiger partial charge in [-0.2, -0.15) is 0 Å². The monoisotopic (exact) mass is 637 g/mol. The fraction of sp³-hybridized carbons (Fsp3) is 0.0204. The number of fused-ring (bicyclic) bond motifs is 3. The zero-order chi connectivity index (χ0) is 33.3. The van der Waals surface area contributed by atoms with Gasteiger partial charge in [0.05, 0.1) is 11.0 Å². The van der Waals surface area contributed by atoms with Crippen LogP contribution in [-0.2, 0) is 6.42 Å². The van der Waals surface area contributed by atoms with Crippen molar-refractivity contribution in [1.29, 1.82) is 0 Å². The summed E-state index contributed by atoms with van der Waals surface area (Å²) in [6.45, 7) is 0. The van der Waals surface area contributed by atoms with Gasteiger partial charge in [-0.1, -0.05) is 176 Å². The van der Waals surface area contributed by atoms with Gasteiger partial charge in [0, 0.05) is 16.5 Å². The molecule has 0 saturated heterocycles. The standard InChI is InChI=1S/C49H35N/c1-3-10-37(11-4-1)38-22-18-35(19-23-38)34-36-20-24-39(25-21-36)40-26-28-41(29-27-40)42-30-32-43(33-31-42)45-15-9-17-48-49(45)46-14-7-8-16-47(46)50(48)44-12-5-2-6-13-44/h1-33H,34H2. The van der Waals surface area contributed by atoms with E-state index in [1.807, 2.05) is 0 Å². The van der Waals surface area contributed by atoms with Gasteiger partial charge in [-0.3, -0.25) is 0 Å². The molecule has 0 atom stereocenters. The summed E-state index contributed by atoms with van der Waals surface area (Å²) in [6.07, 6.45) is 0.924. The van der Waals surface area contributed by atoms with Crippen LogP contribution in [0.2, 0.25) is 0 Å². The predicted molar refractivity (Wildman–Crippen MR) is 212 cm³/mol. The molecule has 9 rings (SSSR count). The summed E-state index contributed by atoms with van der Waals surface area (Å²) in [6, 6.07) is 72.5. The highest BCUT2D eigenvalue weighted by Crippen LogP contribution is 2.39. The van der Waals surface area contributed by atoms with Gasteiger partial charge in [-0.05, 0) is 86.3 Å². The number of benzene rings is 8. The molecule has 0 bridgehead atoms. The Morgan fingerprint density at radius 1 is 0.300 bits per heavy atom. The van der Waals surface area contributed by atoms with Crippen molar-refractivity contribution in [2.45, 2.75) is 6.42 Å². The Morgan fingerprint density at radius 3 is 1.28 bits per heavy atom. The molecular formula is C49H35N. The van der Waals surface area contributed by atoms with E-state index in [0.29, 0.717) is 0 Å². The highest BCUT2D eigenvalue weighted by Gasteiger charge is 2.15. The number of nitrogens with zero attached hydrogens (tertiary/aromatic N) is 1. The molecule has 9 aromatic rings. The van der Waals surface area contributed by atoms with Crippen LogP contribution < -0.4 is 0 Å². The molecule has 0 aliphatic rings. The molecule has 0 aliphatic heterocycles. The normalized spacial score (nSPS) is 11.3. The maximum Gasteiger partial charge on any atom is 0.0547 e. The first kappa shape index (κ1) is 29.7. The first-order valence-electron chi connectivity index (χ1n) is 17.3. The third kappa shape index (κ3) is 5.59. The number of hydrogen-bond acceptors (Lipinski definition) is 0. The van der Waals surface area contributed by atoms with Gasteiger partial charge in [0.2, 0.25) is 0 Å². The van der Waals surface area contributed by atoms with Crippen molar-refractivity contribution < 1.29 is 0 Å². The lowest BCUT2D eigenvalue weighted by Crippen LogP contribution is -1.92. The molecule has 0 N–H and O–H groups in total. The largest absolute Gasteiger partial charge is 0.309 e. The van der Waals surface area contributed by atoms with Gasteiger partial charge < -0.3 is 4.57 Å². The van der Waals surface area contributed by atoms with Crippen molar-refractivity contribution >= 4 is 21.8 Å². The first-order valence-corrected chi connectivity index (χ1v) is 17.3. The van der Waals surface area contributed by atoms with Crippen LogP contribution in [0, 0.1) is 0 Å². The number of para-hydroxylation sites is 2. The average molecular weight is 638 g/mol. The fourth-order valence-electron chi connectivity index (χ4n) is 7.31. The van der Waals surface area contributed by atoms with Crippen molar-refractivity contribution in [1.82, 2.24) is 4.57 Å². The first-order chi connectivity index (χ1) is 24.8. The maximum absolute atomic E-state index is 2.38. The summed E-state index contributed by atoms with van der Waals surface area (Å²) in [5.74, 6) is 0. The van der Waals surface area contributed by atoms with E-state index in [-0.39, 0.29) is 0 Å². The molecule has 1 heteroatoms. The molecule has 8 aromatic carbocycles. The molecule has 0 radical (unpaired) electrons. The Labute approximate surface area is 293 Å². The second kappa shape index (κ2) is 12.9. The lowest BCUT2D eigenvalue weighted by atomic mass is 9.95. The van der Waals surface area contributed by atoms with Crippen LogP contribution in [0.1, 0.15) is 11.1 Å². The molecule has 0 fully saturated rings. The molecule has 0 amide bonds. The molecule has 0 spiro atoms. The summed E-state index contributed by atoms with van der Waals surface area (Å²) in [5.41, 5.74) is 16.1. The Morgan fingerprint density at radius 2 is 0.720 bits per heavy atom. The molecule has 0 aliphatic carbocycles. The van der Waals surface area contributed by atoms with Gasteiger partial charge in [0.15, 0.2) is 0 Å². The number of rotatable bonds is 7. The second-order valence-electron chi connectivity index (χ2n) is 13.0. The summed E-state index contributed by atoms with van der Waals surface area (Å²) in [5, 5.41) is 2.56. The van der Waals surface area contributed by atoms with E-state index in [1.54, 1.807) is 0 Å². The lowest BCUT2D eigenvalue weighted by molar-refractivity contribution is 1.18. The highest BCUT2D eigenvalue weighted by molar-refractivity contribution is 6.15.